The molecule has 1 saturated carbocycles. The minimum Gasteiger partial charge on any atom is -0.451 e. The quantitative estimate of drug-likeness (QED) is 0.517. The predicted octanol–water partition coefficient (Wildman–Crippen LogP) is -0.712. The lowest BCUT2D eigenvalue weighted by Gasteiger charge is -2.19. The summed E-state index contributed by atoms with van der Waals surface area (Å²) in [6, 6.07) is -1.06. The van der Waals surface area contributed by atoms with Crippen LogP contribution in [0.15, 0.2) is 0 Å². The first-order chi connectivity index (χ1) is 10.8. The van der Waals surface area contributed by atoms with Crippen molar-refractivity contribution in [1.29, 1.82) is 0 Å². The highest BCUT2D eigenvalue weighted by Crippen LogP contribution is 2.37. The Kier molecular flexibility index (Phi) is 4.97. The molecule has 1 aliphatic heterocycles. The maximum atomic E-state index is 12.2. The van der Waals surface area contributed by atoms with Gasteiger partial charge in [-0.25, -0.2) is 4.79 Å². The molecular formula is C14H19N3O6. The van der Waals surface area contributed by atoms with E-state index in [1.807, 2.05) is 0 Å². The third kappa shape index (κ3) is 3.66. The lowest BCUT2D eigenvalue weighted by Crippen LogP contribution is -2.44. The van der Waals surface area contributed by atoms with E-state index in [4.69, 9.17) is 10.5 Å². The van der Waals surface area contributed by atoms with Gasteiger partial charge in [-0.2, -0.15) is 0 Å². The lowest BCUT2D eigenvalue weighted by atomic mass is 9.81. The highest BCUT2D eigenvalue weighted by Gasteiger charge is 2.48. The topological polar surface area (TPSA) is 136 Å². The van der Waals surface area contributed by atoms with Gasteiger partial charge in [-0.05, 0) is 19.8 Å². The number of likely N-dealkylation sites (tertiary alicyclic amines) is 1. The van der Waals surface area contributed by atoms with Crippen molar-refractivity contribution in [1.82, 2.24) is 10.2 Å². The molecule has 3 unspecified atom stereocenters. The molecule has 3 N–H and O–H groups in total. The number of ether oxygens (including phenoxy) is 1. The summed E-state index contributed by atoms with van der Waals surface area (Å²) in [6.45, 7) is 0.725. The molecule has 9 heteroatoms. The summed E-state index contributed by atoms with van der Waals surface area (Å²) in [5.74, 6) is -3.17. The van der Waals surface area contributed by atoms with E-state index in [2.05, 4.69) is 0 Å². The largest absolute Gasteiger partial charge is 0.451 e. The number of fused-ring (bicyclic) bond motifs is 1. The van der Waals surface area contributed by atoms with Crippen LogP contribution < -0.4 is 11.1 Å². The third-order valence-corrected chi connectivity index (χ3v) is 4.14. The number of nitrogens with two attached hydrogens (primary N) is 1. The number of imide groups is 2. The zero-order valence-corrected chi connectivity index (χ0v) is 12.7. The molecule has 2 fully saturated rings. The fraction of sp³-hybridized carbons (Fsp3) is 0.643. The molecule has 2 rings (SSSR count). The number of carbonyl (C=O) groups excluding carboxylic acids is 5. The number of primary amides is 1. The van der Waals surface area contributed by atoms with Crippen molar-refractivity contribution in [3.8, 4) is 0 Å². The van der Waals surface area contributed by atoms with Crippen LogP contribution in [0.1, 0.15) is 32.6 Å². The highest BCUT2D eigenvalue weighted by atomic mass is 16.5. The van der Waals surface area contributed by atoms with Crippen LogP contribution in [-0.2, 0) is 23.9 Å². The van der Waals surface area contributed by atoms with Crippen molar-refractivity contribution < 1.29 is 28.7 Å². The monoisotopic (exact) mass is 325 g/mol. The number of carbonyl (C=O) groups is 5. The number of rotatable bonds is 4. The van der Waals surface area contributed by atoms with E-state index in [0.717, 1.165) is 17.7 Å². The maximum Gasteiger partial charge on any atom is 0.326 e. The summed E-state index contributed by atoms with van der Waals surface area (Å²) in [4.78, 5) is 59.1. The van der Waals surface area contributed by atoms with Gasteiger partial charge >= 0.3 is 12.0 Å². The Morgan fingerprint density at radius 1 is 1.22 bits per heavy atom. The zero-order valence-electron chi connectivity index (χ0n) is 12.7. The van der Waals surface area contributed by atoms with E-state index in [1.165, 1.54) is 6.92 Å². The Balaban J connectivity index is 1.92. The van der Waals surface area contributed by atoms with Crippen LogP contribution in [0.4, 0.5) is 4.79 Å². The van der Waals surface area contributed by atoms with Crippen LogP contribution in [0, 0.1) is 11.8 Å². The normalized spacial score (nSPS) is 24.8. The first-order valence-corrected chi connectivity index (χ1v) is 7.46. The van der Waals surface area contributed by atoms with Crippen LogP contribution in [0.25, 0.3) is 0 Å². The number of nitrogens with one attached hydrogen (secondary N) is 1. The Morgan fingerprint density at radius 3 is 2.22 bits per heavy atom. The van der Waals surface area contributed by atoms with Crippen molar-refractivity contribution in [2.45, 2.75) is 38.7 Å². The van der Waals surface area contributed by atoms with Crippen LogP contribution in [-0.4, -0.2) is 47.3 Å². The SMILES string of the molecule is CC(OC(=O)CN1C(=O)C2CCCCC2C1=O)C(=O)NC(N)=O. The zero-order chi connectivity index (χ0) is 17.1. The van der Waals surface area contributed by atoms with Gasteiger partial charge in [0.1, 0.15) is 6.54 Å². The fourth-order valence-corrected chi connectivity index (χ4v) is 3.03. The maximum absolute atomic E-state index is 12.2. The van der Waals surface area contributed by atoms with E-state index in [0.29, 0.717) is 12.8 Å². The molecule has 0 bridgehead atoms. The smallest absolute Gasteiger partial charge is 0.326 e. The first kappa shape index (κ1) is 16.9. The molecule has 0 aromatic rings. The average Bonchev–Trinajstić information content (AvgIpc) is 2.72. The van der Waals surface area contributed by atoms with Crippen molar-refractivity contribution >= 4 is 29.7 Å². The summed E-state index contributed by atoms with van der Waals surface area (Å²) in [7, 11) is 0. The van der Waals surface area contributed by atoms with Crippen molar-refractivity contribution in [3.63, 3.8) is 0 Å². The van der Waals surface area contributed by atoms with Crippen molar-refractivity contribution in [2.24, 2.45) is 17.6 Å². The van der Waals surface area contributed by atoms with E-state index >= 15 is 0 Å². The summed E-state index contributed by atoms with van der Waals surface area (Å²) in [5.41, 5.74) is 4.79. The van der Waals surface area contributed by atoms with Crippen molar-refractivity contribution in [2.75, 3.05) is 6.54 Å². The second kappa shape index (κ2) is 6.76. The molecule has 0 spiro atoms. The van der Waals surface area contributed by atoms with Crippen LogP contribution >= 0.6 is 0 Å². The fourth-order valence-electron chi connectivity index (χ4n) is 3.03. The molecular weight excluding hydrogens is 306 g/mol. The summed E-state index contributed by atoms with van der Waals surface area (Å²) in [6.07, 6.45) is 1.83. The van der Waals surface area contributed by atoms with Crippen LogP contribution in [0.5, 0.6) is 0 Å². The minimum atomic E-state index is -1.26. The predicted molar refractivity (Wildman–Crippen MR) is 75.4 cm³/mol. The van der Waals surface area contributed by atoms with Gasteiger partial charge in [-0.15, -0.1) is 0 Å². The molecule has 0 aromatic carbocycles. The third-order valence-electron chi connectivity index (χ3n) is 4.14. The Hall–Kier alpha value is -2.45. The number of amides is 5. The average molecular weight is 325 g/mol. The molecule has 1 heterocycles. The Labute approximate surface area is 132 Å². The van der Waals surface area contributed by atoms with E-state index < -0.39 is 30.6 Å². The summed E-state index contributed by atoms with van der Waals surface area (Å²) >= 11 is 0. The second-order valence-corrected chi connectivity index (χ2v) is 5.75. The number of nitrogens with zero attached hydrogens (tertiary/aromatic N) is 1. The lowest BCUT2D eigenvalue weighted by molar-refractivity contribution is -0.159. The van der Waals surface area contributed by atoms with Crippen LogP contribution in [0.2, 0.25) is 0 Å². The van der Waals surface area contributed by atoms with Gasteiger partial charge in [0.2, 0.25) is 11.8 Å². The summed E-state index contributed by atoms with van der Waals surface area (Å²) in [5, 5.41) is 1.77. The molecule has 126 valence electrons. The molecule has 1 saturated heterocycles. The highest BCUT2D eigenvalue weighted by molar-refractivity contribution is 6.07. The first-order valence-electron chi connectivity index (χ1n) is 7.46. The van der Waals surface area contributed by atoms with Gasteiger partial charge in [0.15, 0.2) is 6.10 Å². The van der Waals surface area contributed by atoms with Gasteiger partial charge < -0.3 is 10.5 Å². The number of urea groups is 1. The minimum absolute atomic E-state index is 0.348. The molecule has 0 aromatic heterocycles. The van der Waals surface area contributed by atoms with Crippen LogP contribution in [0.3, 0.4) is 0 Å². The Morgan fingerprint density at radius 2 is 1.74 bits per heavy atom. The second-order valence-electron chi connectivity index (χ2n) is 5.75. The molecule has 0 radical (unpaired) electrons. The van der Waals surface area contributed by atoms with E-state index in [-0.39, 0.29) is 23.7 Å². The summed E-state index contributed by atoms with van der Waals surface area (Å²) < 4.78 is 4.82. The van der Waals surface area contributed by atoms with Gasteiger partial charge in [-0.1, -0.05) is 12.8 Å². The van der Waals surface area contributed by atoms with Gasteiger partial charge in [0, 0.05) is 0 Å². The van der Waals surface area contributed by atoms with E-state index in [9.17, 15) is 24.0 Å². The molecule has 2 aliphatic rings. The molecule has 1 aliphatic carbocycles. The molecule has 3 atom stereocenters. The van der Waals surface area contributed by atoms with Gasteiger partial charge in [-0.3, -0.25) is 29.4 Å². The number of hydrogen-bond acceptors (Lipinski definition) is 6. The van der Waals surface area contributed by atoms with E-state index in [1.54, 1.807) is 5.32 Å². The number of esters is 1. The van der Waals surface area contributed by atoms with Crippen molar-refractivity contribution in [3.05, 3.63) is 0 Å². The van der Waals surface area contributed by atoms with Gasteiger partial charge in [0.05, 0.1) is 11.8 Å². The molecule has 9 nitrogen and oxygen atoms in total. The Bertz CT molecular complexity index is 537. The molecule has 5 amide bonds. The van der Waals surface area contributed by atoms with Gasteiger partial charge in [0.25, 0.3) is 5.91 Å². The number of hydrogen-bond donors (Lipinski definition) is 2. The standard InChI is InChI=1S/C14H19N3O6/c1-7(11(19)16-14(15)22)23-10(18)6-17-12(20)8-4-2-3-5-9(8)13(17)21/h7-9H,2-6H2,1H3,(H3,15,16,19,22). The molecule has 23 heavy (non-hydrogen) atoms.